The molecule has 0 saturated heterocycles. The van der Waals surface area contributed by atoms with Gasteiger partial charge in [-0.3, -0.25) is 0 Å². The number of fused-ring (bicyclic) bond motifs is 2. The first-order valence-corrected chi connectivity index (χ1v) is 11.9. The first kappa shape index (κ1) is 17.9. The minimum Gasteiger partial charge on any atom is -0.376 e. The van der Waals surface area contributed by atoms with Crippen LogP contribution in [-0.4, -0.2) is 17.1 Å². The van der Waals surface area contributed by atoms with Gasteiger partial charge in [-0.1, -0.05) is 49.5 Å². The van der Waals surface area contributed by atoms with Gasteiger partial charge >= 0.3 is 0 Å². The molecule has 3 heteroatoms. The van der Waals surface area contributed by atoms with Crippen LogP contribution < -0.4 is 11.1 Å². The summed E-state index contributed by atoms with van der Waals surface area (Å²) in [6.45, 7) is 2.61. The van der Waals surface area contributed by atoms with Crippen LogP contribution in [0.3, 0.4) is 0 Å². The summed E-state index contributed by atoms with van der Waals surface area (Å²) in [5.74, 6) is 0.881. The maximum Gasteiger partial charge on any atom is 0.0818 e. The van der Waals surface area contributed by atoms with E-state index in [-0.39, 0.29) is 5.41 Å². The van der Waals surface area contributed by atoms with Crippen molar-refractivity contribution in [3.05, 3.63) is 35.9 Å². The summed E-state index contributed by atoms with van der Waals surface area (Å²) in [7, 11) is 0. The fourth-order valence-electron chi connectivity index (χ4n) is 9.23. The van der Waals surface area contributed by atoms with Crippen LogP contribution in [0.25, 0.3) is 0 Å². The average molecular weight is 395 g/mol. The zero-order valence-electron chi connectivity index (χ0n) is 17.2. The Kier molecular flexibility index (Phi) is 3.58. The van der Waals surface area contributed by atoms with E-state index in [1.165, 1.54) is 56.4 Å². The van der Waals surface area contributed by atoms with Crippen molar-refractivity contribution in [2.24, 2.45) is 27.9 Å². The Bertz CT molecular complexity index is 815. The van der Waals surface area contributed by atoms with Gasteiger partial charge in [0.25, 0.3) is 0 Å². The average Bonchev–Trinajstić information content (AvgIpc) is 2.97. The number of hydrogen-bond acceptors (Lipinski definition) is 2. The van der Waals surface area contributed by atoms with Gasteiger partial charge in [0.1, 0.15) is 0 Å². The van der Waals surface area contributed by atoms with Crippen LogP contribution in [0, 0.1) is 22.2 Å². The molecule has 1 aromatic rings. The molecule has 0 radical (unpaired) electrons. The lowest BCUT2D eigenvalue weighted by Gasteiger charge is -2.66. The highest BCUT2D eigenvalue weighted by Gasteiger charge is 2.83. The number of hydrogen-bond donors (Lipinski definition) is 2. The van der Waals surface area contributed by atoms with E-state index < -0.39 is 0 Å². The van der Waals surface area contributed by atoms with Crippen LogP contribution >= 0.6 is 12.2 Å². The number of thiocarbonyl (C=S) groups is 1. The SMILES string of the molecule is C[C@]12CC3CC4(C(=S)N[C@H]5CC[C@@H](N)CC5)CC1(C3)[C@](c1ccccc1)(C4)C2. The Balaban J connectivity index is 1.34. The summed E-state index contributed by atoms with van der Waals surface area (Å²) < 4.78 is 0. The molecule has 5 saturated carbocycles. The molecule has 1 spiro atoms. The summed E-state index contributed by atoms with van der Waals surface area (Å²) in [6, 6.07) is 12.4. The summed E-state index contributed by atoms with van der Waals surface area (Å²) in [4.78, 5) is 1.21. The maximum absolute atomic E-state index is 6.22. The van der Waals surface area contributed by atoms with Crippen molar-refractivity contribution < 1.29 is 0 Å². The van der Waals surface area contributed by atoms with E-state index in [2.05, 4.69) is 42.6 Å². The molecule has 0 aliphatic heterocycles. The lowest BCUT2D eigenvalue weighted by atomic mass is 9.38. The van der Waals surface area contributed by atoms with Gasteiger partial charge < -0.3 is 11.1 Å². The van der Waals surface area contributed by atoms with E-state index >= 15 is 0 Å². The van der Waals surface area contributed by atoms with E-state index in [1.54, 1.807) is 5.56 Å². The van der Waals surface area contributed by atoms with Crippen molar-refractivity contribution >= 4 is 17.2 Å². The predicted molar refractivity (Wildman–Crippen MR) is 118 cm³/mol. The van der Waals surface area contributed by atoms with Gasteiger partial charge in [-0.25, -0.2) is 0 Å². The minimum absolute atomic E-state index is 0.238. The molecule has 5 atom stereocenters. The zero-order chi connectivity index (χ0) is 19.2. The molecule has 6 rings (SSSR count). The predicted octanol–water partition coefficient (Wildman–Crippen LogP) is 5.10. The van der Waals surface area contributed by atoms with Crippen molar-refractivity contribution in [2.45, 2.75) is 88.6 Å². The van der Waals surface area contributed by atoms with Crippen molar-refractivity contribution in [1.29, 1.82) is 0 Å². The highest BCUT2D eigenvalue weighted by Crippen LogP contribution is 2.88. The van der Waals surface area contributed by atoms with Gasteiger partial charge in [0.05, 0.1) is 4.99 Å². The largest absolute Gasteiger partial charge is 0.376 e. The Labute approximate surface area is 175 Å². The molecule has 3 bridgehead atoms. The standard InChI is InChI=1S/C25H34N2S/c1-22-11-17-12-23(21(28)27-20-9-7-19(26)8-10-20)15-24(14-22,25(22,13-17)16-23)18-5-3-2-4-6-18/h2-6,17,19-20H,7-16,26H2,1H3,(H,27,28)/t17?,19-,20+,22-,23?,24+,25?/m1/s1. The van der Waals surface area contributed by atoms with E-state index in [1.807, 2.05) is 0 Å². The van der Waals surface area contributed by atoms with Gasteiger partial charge in [0.15, 0.2) is 0 Å². The van der Waals surface area contributed by atoms with Crippen LogP contribution in [0.15, 0.2) is 30.3 Å². The molecule has 0 heterocycles. The molecule has 150 valence electrons. The fraction of sp³-hybridized carbons (Fsp3) is 0.720. The molecule has 28 heavy (non-hydrogen) atoms. The number of nitrogens with two attached hydrogens (primary N) is 1. The van der Waals surface area contributed by atoms with E-state index in [0.717, 1.165) is 18.8 Å². The number of nitrogens with one attached hydrogen (secondary N) is 1. The summed E-state index contributed by atoms with van der Waals surface area (Å²) in [5, 5.41) is 3.89. The minimum atomic E-state index is 0.238. The van der Waals surface area contributed by atoms with Crippen LogP contribution in [0.5, 0.6) is 0 Å². The quantitative estimate of drug-likeness (QED) is 0.700. The first-order valence-electron chi connectivity index (χ1n) is 11.5. The number of benzene rings is 1. The molecular formula is C25H34N2S. The summed E-state index contributed by atoms with van der Waals surface area (Å²) in [6.07, 6.45) is 12.9. The molecule has 5 fully saturated rings. The normalized spacial score (nSPS) is 50.9. The van der Waals surface area contributed by atoms with Crippen LogP contribution in [0.4, 0.5) is 0 Å². The van der Waals surface area contributed by atoms with Crippen molar-refractivity contribution in [3.8, 4) is 0 Å². The zero-order valence-corrected chi connectivity index (χ0v) is 18.0. The molecule has 0 amide bonds. The third kappa shape index (κ3) is 2.06. The van der Waals surface area contributed by atoms with Crippen LogP contribution in [0.2, 0.25) is 0 Å². The van der Waals surface area contributed by atoms with E-state index in [4.69, 9.17) is 18.0 Å². The third-order valence-electron chi connectivity index (χ3n) is 10.0. The highest BCUT2D eigenvalue weighted by molar-refractivity contribution is 7.80. The van der Waals surface area contributed by atoms with Gasteiger partial charge in [0.2, 0.25) is 0 Å². The van der Waals surface area contributed by atoms with E-state index in [0.29, 0.717) is 28.3 Å². The third-order valence-corrected chi connectivity index (χ3v) is 10.6. The highest BCUT2D eigenvalue weighted by atomic mass is 32.1. The van der Waals surface area contributed by atoms with Gasteiger partial charge in [0, 0.05) is 22.9 Å². The monoisotopic (exact) mass is 394 g/mol. The Morgan fingerprint density at radius 2 is 1.75 bits per heavy atom. The lowest BCUT2D eigenvalue weighted by Crippen LogP contribution is -2.61. The molecule has 1 aromatic carbocycles. The van der Waals surface area contributed by atoms with Crippen molar-refractivity contribution in [3.63, 3.8) is 0 Å². The molecule has 3 unspecified atom stereocenters. The first-order chi connectivity index (χ1) is 13.4. The second-order valence-corrected chi connectivity index (χ2v) is 11.9. The Morgan fingerprint density at radius 3 is 2.50 bits per heavy atom. The maximum atomic E-state index is 6.22. The smallest absolute Gasteiger partial charge is 0.0818 e. The number of rotatable bonds is 3. The molecule has 2 nitrogen and oxygen atoms in total. The van der Waals surface area contributed by atoms with Gasteiger partial charge in [-0.2, -0.15) is 0 Å². The Hall–Kier alpha value is -0.930. The van der Waals surface area contributed by atoms with Crippen LogP contribution in [0.1, 0.15) is 76.7 Å². The lowest BCUT2D eigenvalue weighted by molar-refractivity contribution is -0.115. The second kappa shape index (κ2) is 5.60. The molecule has 5 aliphatic carbocycles. The van der Waals surface area contributed by atoms with E-state index in [9.17, 15) is 0 Å². The summed E-state index contributed by atoms with van der Waals surface area (Å²) >= 11 is 6.22. The van der Waals surface area contributed by atoms with Gasteiger partial charge in [-0.15, -0.1) is 0 Å². The molecule has 5 aliphatic rings. The van der Waals surface area contributed by atoms with Crippen molar-refractivity contribution in [2.75, 3.05) is 0 Å². The molecular weight excluding hydrogens is 360 g/mol. The second-order valence-electron chi connectivity index (χ2n) is 11.5. The Morgan fingerprint density at radius 1 is 1.00 bits per heavy atom. The van der Waals surface area contributed by atoms with Crippen LogP contribution in [-0.2, 0) is 5.41 Å². The topological polar surface area (TPSA) is 38.0 Å². The fourth-order valence-corrected chi connectivity index (χ4v) is 9.62. The van der Waals surface area contributed by atoms with Gasteiger partial charge in [-0.05, 0) is 86.5 Å². The van der Waals surface area contributed by atoms with Crippen molar-refractivity contribution in [1.82, 2.24) is 5.32 Å². The summed E-state index contributed by atoms with van der Waals surface area (Å²) in [5.41, 5.74) is 9.37. The molecule has 0 aromatic heterocycles. The molecule has 3 N–H and O–H groups in total.